The fraction of sp³-hybridized carbons (Fsp3) is 0. The number of benzene rings is 2. The van der Waals surface area contributed by atoms with Crippen molar-refractivity contribution >= 4 is 39.0 Å². The van der Waals surface area contributed by atoms with Crippen molar-refractivity contribution in [3.05, 3.63) is 73.7 Å². The highest BCUT2D eigenvalue weighted by atomic mass is 79.9. The molecule has 0 unspecified atom stereocenters. The van der Waals surface area contributed by atoms with E-state index in [1.54, 1.807) is 18.2 Å². The maximum Gasteiger partial charge on any atom is 0.269 e. The van der Waals surface area contributed by atoms with Crippen molar-refractivity contribution in [3.8, 4) is 11.8 Å². The first-order chi connectivity index (χ1) is 10.5. The van der Waals surface area contributed by atoms with E-state index in [2.05, 4.69) is 15.9 Å². The molecule has 0 fully saturated rings. The molecule has 2 rings (SSSR count). The minimum absolute atomic E-state index is 0.0345. The van der Waals surface area contributed by atoms with Gasteiger partial charge in [0.2, 0.25) is 0 Å². The summed E-state index contributed by atoms with van der Waals surface area (Å²) in [6.45, 7) is 0. The van der Waals surface area contributed by atoms with Gasteiger partial charge >= 0.3 is 0 Å². The average molecular weight is 380 g/mol. The SMILES string of the molecule is N#C/C=C(/Oc1ccc(Cl)cc1Br)c1ccc([N+](=O)[O-])cc1. The van der Waals surface area contributed by atoms with Gasteiger partial charge in [-0.1, -0.05) is 11.6 Å². The second kappa shape index (κ2) is 7.07. The summed E-state index contributed by atoms with van der Waals surface area (Å²) in [7, 11) is 0. The van der Waals surface area contributed by atoms with Crippen LogP contribution >= 0.6 is 27.5 Å². The lowest BCUT2D eigenvalue weighted by molar-refractivity contribution is -0.384. The molecule has 0 atom stereocenters. The zero-order valence-electron chi connectivity index (χ0n) is 11.0. The number of nitrogens with zero attached hydrogens (tertiary/aromatic N) is 2. The van der Waals surface area contributed by atoms with Crippen LogP contribution in [0.5, 0.6) is 5.75 Å². The van der Waals surface area contributed by atoms with Gasteiger partial charge in [0.15, 0.2) is 0 Å². The molecule has 110 valence electrons. The normalized spacial score (nSPS) is 10.9. The predicted molar refractivity (Wildman–Crippen MR) is 86.5 cm³/mol. The first-order valence-electron chi connectivity index (χ1n) is 5.99. The minimum atomic E-state index is -0.492. The quantitative estimate of drug-likeness (QED) is 0.326. The van der Waals surface area contributed by atoms with Crippen molar-refractivity contribution < 1.29 is 9.66 Å². The molecule has 0 amide bonds. The molecule has 0 N–H and O–H groups in total. The summed E-state index contributed by atoms with van der Waals surface area (Å²) < 4.78 is 6.32. The number of nitro groups is 1. The van der Waals surface area contributed by atoms with Crippen LogP contribution in [-0.4, -0.2) is 4.92 Å². The highest BCUT2D eigenvalue weighted by Gasteiger charge is 2.11. The Balaban J connectivity index is 2.33. The topological polar surface area (TPSA) is 76.2 Å². The molecule has 0 saturated carbocycles. The lowest BCUT2D eigenvalue weighted by Gasteiger charge is -2.11. The molecule has 5 nitrogen and oxygen atoms in total. The van der Waals surface area contributed by atoms with E-state index in [-0.39, 0.29) is 11.4 Å². The second-order valence-corrected chi connectivity index (χ2v) is 5.41. The van der Waals surface area contributed by atoms with E-state index in [0.29, 0.717) is 20.8 Å². The molecule has 0 spiro atoms. The first-order valence-corrected chi connectivity index (χ1v) is 7.16. The summed E-state index contributed by atoms with van der Waals surface area (Å²) >= 11 is 9.18. The van der Waals surface area contributed by atoms with Crippen LogP contribution in [0.4, 0.5) is 5.69 Å². The molecule has 0 aromatic heterocycles. The van der Waals surface area contributed by atoms with Crippen LogP contribution in [0.25, 0.3) is 5.76 Å². The molecule has 0 heterocycles. The van der Waals surface area contributed by atoms with E-state index in [0.717, 1.165) is 0 Å². The predicted octanol–water partition coefficient (Wildman–Crippen LogP) is 4.95. The maximum atomic E-state index is 10.7. The third kappa shape index (κ3) is 3.85. The monoisotopic (exact) mass is 378 g/mol. The van der Waals surface area contributed by atoms with E-state index >= 15 is 0 Å². The van der Waals surface area contributed by atoms with Crippen LogP contribution in [0.1, 0.15) is 5.56 Å². The molecule has 2 aromatic carbocycles. The van der Waals surface area contributed by atoms with Gasteiger partial charge in [-0.05, 0) is 46.3 Å². The summed E-state index contributed by atoms with van der Waals surface area (Å²) in [5.74, 6) is 0.754. The smallest absolute Gasteiger partial charge is 0.269 e. The molecule has 2 aromatic rings. The molecular formula is C15H8BrClN2O3. The highest BCUT2D eigenvalue weighted by molar-refractivity contribution is 9.10. The standard InChI is InChI=1S/C15H8BrClN2O3/c16-13-9-11(17)3-6-15(13)22-14(7-8-18)10-1-4-12(5-2-10)19(20)21/h1-7,9H/b14-7+. The zero-order valence-corrected chi connectivity index (χ0v) is 13.3. The summed E-state index contributed by atoms with van der Waals surface area (Å²) in [4.78, 5) is 10.2. The van der Waals surface area contributed by atoms with Gasteiger partial charge in [-0.2, -0.15) is 5.26 Å². The summed E-state index contributed by atoms with van der Waals surface area (Å²) in [5.41, 5.74) is 0.515. The van der Waals surface area contributed by atoms with Crippen LogP contribution in [0.15, 0.2) is 53.0 Å². The van der Waals surface area contributed by atoms with Crippen LogP contribution < -0.4 is 4.74 Å². The van der Waals surface area contributed by atoms with Crippen molar-refractivity contribution in [1.82, 2.24) is 0 Å². The highest BCUT2D eigenvalue weighted by Crippen LogP contribution is 2.31. The molecule has 0 saturated heterocycles. The van der Waals surface area contributed by atoms with Gasteiger partial charge in [-0.25, -0.2) is 0 Å². The fourth-order valence-corrected chi connectivity index (χ4v) is 2.42. The Labute approximate surface area is 139 Å². The Morgan fingerprint density at radius 2 is 2.00 bits per heavy atom. The Kier molecular flexibility index (Phi) is 5.15. The van der Waals surface area contributed by atoms with Crippen molar-refractivity contribution in [2.24, 2.45) is 0 Å². The number of halogens is 2. The largest absolute Gasteiger partial charge is 0.455 e. The average Bonchev–Trinajstić information content (AvgIpc) is 2.49. The number of nitro benzene ring substituents is 1. The van der Waals surface area contributed by atoms with Crippen molar-refractivity contribution in [2.75, 3.05) is 0 Å². The van der Waals surface area contributed by atoms with Gasteiger partial charge in [-0.3, -0.25) is 10.1 Å². The van der Waals surface area contributed by atoms with Crippen molar-refractivity contribution in [2.45, 2.75) is 0 Å². The summed E-state index contributed by atoms with van der Waals surface area (Å²) in [6, 6.07) is 12.6. The van der Waals surface area contributed by atoms with Gasteiger partial charge < -0.3 is 4.74 Å². The van der Waals surface area contributed by atoms with Gasteiger partial charge in [-0.15, -0.1) is 0 Å². The van der Waals surface area contributed by atoms with E-state index < -0.39 is 4.92 Å². The lowest BCUT2D eigenvalue weighted by Crippen LogP contribution is -1.96. The van der Waals surface area contributed by atoms with E-state index in [9.17, 15) is 10.1 Å². The van der Waals surface area contributed by atoms with Crippen LogP contribution in [-0.2, 0) is 0 Å². The Morgan fingerprint density at radius 1 is 1.32 bits per heavy atom. The zero-order chi connectivity index (χ0) is 16.1. The molecule has 0 aliphatic heterocycles. The summed E-state index contributed by atoms with van der Waals surface area (Å²) in [5, 5.41) is 20.1. The lowest BCUT2D eigenvalue weighted by atomic mass is 10.1. The van der Waals surface area contributed by atoms with Crippen molar-refractivity contribution in [3.63, 3.8) is 0 Å². The fourth-order valence-electron chi connectivity index (χ4n) is 1.65. The number of hydrogen-bond donors (Lipinski definition) is 0. The third-order valence-corrected chi connectivity index (χ3v) is 3.53. The van der Waals surface area contributed by atoms with Crippen LogP contribution in [0, 0.1) is 21.4 Å². The van der Waals surface area contributed by atoms with Gasteiger partial charge in [0.05, 0.1) is 21.5 Å². The van der Waals surface area contributed by atoms with E-state index in [1.165, 1.54) is 30.3 Å². The number of nitriles is 1. The number of non-ortho nitro benzene ring substituents is 1. The van der Waals surface area contributed by atoms with Gasteiger partial charge in [0, 0.05) is 22.7 Å². The van der Waals surface area contributed by atoms with Crippen LogP contribution in [0.3, 0.4) is 0 Å². The Bertz CT molecular complexity index is 782. The Morgan fingerprint density at radius 3 is 2.55 bits per heavy atom. The van der Waals surface area contributed by atoms with Crippen molar-refractivity contribution in [1.29, 1.82) is 5.26 Å². The Hall–Kier alpha value is -2.36. The number of ether oxygens (including phenoxy) is 1. The molecule has 0 aliphatic rings. The summed E-state index contributed by atoms with van der Waals surface area (Å²) in [6.07, 6.45) is 1.22. The number of hydrogen-bond acceptors (Lipinski definition) is 4. The number of allylic oxidation sites excluding steroid dienone is 1. The van der Waals surface area contributed by atoms with E-state index in [4.69, 9.17) is 21.6 Å². The van der Waals surface area contributed by atoms with Gasteiger partial charge in [0.25, 0.3) is 5.69 Å². The molecule has 0 aliphatic carbocycles. The number of rotatable bonds is 4. The van der Waals surface area contributed by atoms with Crippen LogP contribution in [0.2, 0.25) is 5.02 Å². The third-order valence-electron chi connectivity index (χ3n) is 2.67. The molecular weight excluding hydrogens is 372 g/mol. The minimum Gasteiger partial charge on any atom is -0.455 e. The molecule has 7 heteroatoms. The molecule has 0 radical (unpaired) electrons. The maximum absolute atomic E-state index is 10.7. The second-order valence-electron chi connectivity index (χ2n) is 4.12. The molecule has 22 heavy (non-hydrogen) atoms. The van der Waals surface area contributed by atoms with E-state index in [1.807, 2.05) is 6.07 Å². The first kappa shape index (κ1) is 16.0. The molecule has 0 bridgehead atoms. The van der Waals surface area contributed by atoms with Gasteiger partial charge in [0.1, 0.15) is 11.5 Å².